The molecular weight excluding hydrogens is 306 g/mol. The van der Waals surface area contributed by atoms with E-state index in [1.54, 1.807) is 6.33 Å². The van der Waals surface area contributed by atoms with Gasteiger partial charge in [0.2, 0.25) is 0 Å². The molecule has 0 aliphatic carbocycles. The molecular formula is C13H19N5O3S. The summed E-state index contributed by atoms with van der Waals surface area (Å²) in [7, 11) is -3.33. The van der Waals surface area contributed by atoms with Crippen LogP contribution >= 0.6 is 0 Å². The number of hydrogen-bond acceptors (Lipinski definition) is 6. The summed E-state index contributed by atoms with van der Waals surface area (Å²) in [6, 6.07) is -0.183. The van der Waals surface area contributed by atoms with E-state index in [0.29, 0.717) is 32.0 Å². The van der Waals surface area contributed by atoms with Crippen molar-refractivity contribution in [3.8, 4) is 0 Å². The van der Waals surface area contributed by atoms with Crippen molar-refractivity contribution in [1.29, 1.82) is 0 Å². The van der Waals surface area contributed by atoms with Gasteiger partial charge >= 0.3 is 0 Å². The van der Waals surface area contributed by atoms with Crippen LogP contribution in [0.1, 0.15) is 23.1 Å². The zero-order valence-corrected chi connectivity index (χ0v) is 13.4. The summed E-state index contributed by atoms with van der Waals surface area (Å²) in [5, 5.41) is 6.73. The van der Waals surface area contributed by atoms with Gasteiger partial charge in [-0.3, -0.25) is 10.00 Å². The molecule has 22 heavy (non-hydrogen) atoms. The molecule has 8 nitrogen and oxygen atoms in total. The zero-order valence-electron chi connectivity index (χ0n) is 12.5. The summed E-state index contributed by atoms with van der Waals surface area (Å²) in [4.78, 5) is 9.76. The second-order valence-electron chi connectivity index (χ2n) is 5.46. The third kappa shape index (κ3) is 2.92. The fourth-order valence-corrected chi connectivity index (χ4v) is 3.48. The Morgan fingerprint density at radius 1 is 1.50 bits per heavy atom. The number of sulfone groups is 1. The van der Waals surface area contributed by atoms with Crippen LogP contribution in [0.3, 0.4) is 0 Å². The molecule has 0 radical (unpaired) electrons. The topological polar surface area (TPSA) is 104 Å². The van der Waals surface area contributed by atoms with Crippen LogP contribution in [0.25, 0.3) is 0 Å². The first-order chi connectivity index (χ1) is 10.5. The van der Waals surface area contributed by atoms with Crippen LogP contribution in [0.2, 0.25) is 0 Å². The second kappa shape index (κ2) is 5.82. The maximum Gasteiger partial charge on any atom is 0.178 e. The summed E-state index contributed by atoms with van der Waals surface area (Å²) < 4.78 is 29.3. The number of ether oxygens (including phenoxy) is 1. The fraction of sp³-hybridized carbons (Fsp3) is 0.538. The average molecular weight is 325 g/mol. The average Bonchev–Trinajstić information content (AvgIpc) is 3.09. The van der Waals surface area contributed by atoms with Crippen LogP contribution in [0.15, 0.2) is 17.4 Å². The number of nitrogens with one attached hydrogen (secondary N) is 2. The highest BCUT2D eigenvalue weighted by atomic mass is 32.2. The monoisotopic (exact) mass is 325 g/mol. The van der Waals surface area contributed by atoms with Crippen LogP contribution in [-0.2, 0) is 21.1 Å². The van der Waals surface area contributed by atoms with Crippen LogP contribution in [0.4, 0.5) is 0 Å². The molecule has 2 N–H and O–H groups in total. The molecule has 0 amide bonds. The molecule has 3 rings (SSSR count). The minimum atomic E-state index is -3.33. The highest BCUT2D eigenvalue weighted by Gasteiger charge is 2.31. The van der Waals surface area contributed by atoms with Gasteiger partial charge in [-0.05, 0) is 6.92 Å². The Morgan fingerprint density at radius 2 is 2.32 bits per heavy atom. The highest BCUT2D eigenvalue weighted by Crippen LogP contribution is 2.29. The van der Waals surface area contributed by atoms with E-state index in [1.165, 1.54) is 12.5 Å². The first kappa shape index (κ1) is 15.2. The Bertz CT molecular complexity index is 751. The number of rotatable bonds is 4. The van der Waals surface area contributed by atoms with E-state index in [9.17, 15) is 8.42 Å². The molecule has 1 atom stereocenters. The van der Waals surface area contributed by atoms with Gasteiger partial charge in [0, 0.05) is 25.0 Å². The molecule has 0 saturated carbocycles. The molecule has 1 aliphatic heterocycles. The van der Waals surface area contributed by atoms with Gasteiger partial charge in [0.1, 0.15) is 4.90 Å². The maximum atomic E-state index is 11.9. The second-order valence-corrected chi connectivity index (χ2v) is 7.44. The van der Waals surface area contributed by atoms with E-state index in [0.717, 1.165) is 11.4 Å². The summed E-state index contributed by atoms with van der Waals surface area (Å²) in [6.07, 6.45) is 4.21. The van der Waals surface area contributed by atoms with Crippen molar-refractivity contribution in [2.45, 2.75) is 24.4 Å². The lowest BCUT2D eigenvalue weighted by molar-refractivity contribution is -0.0158. The SMILES string of the molecule is Cc1[nH]cnc1CN1CCOC[C@@H]1c1[nH]ncc1S(C)(=O)=O. The van der Waals surface area contributed by atoms with Crippen molar-refractivity contribution in [2.24, 2.45) is 0 Å². The number of aryl methyl sites for hydroxylation is 1. The normalized spacial score (nSPS) is 20.4. The molecule has 1 fully saturated rings. The summed E-state index contributed by atoms with van der Waals surface area (Å²) in [5.74, 6) is 0. The number of nitrogens with zero attached hydrogens (tertiary/aromatic N) is 3. The summed E-state index contributed by atoms with van der Waals surface area (Å²) in [6.45, 7) is 4.34. The number of aromatic nitrogens is 4. The van der Waals surface area contributed by atoms with Crippen LogP contribution in [-0.4, -0.2) is 59.5 Å². The molecule has 9 heteroatoms. The fourth-order valence-electron chi connectivity index (χ4n) is 2.65. The Hall–Kier alpha value is -1.71. The molecule has 0 spiro atoms. The van der Waals surface area contributed by atoms with Crippen LogP contribution in [0.5, 0.6) is 0 Å². The lowest BCUT2D eigenvalue weighted by Gasteiger charge is -2.34. The number of imidazole rings is 1. The molecule has 1 aliphatic rings. The first-order valence-corrected chi connectivity index (χ1v) is 8.90. The largest absolute Gasteiger partial charge is 0.378 e. The third-order valence-corrected chi connectivity index (χ3v) is 5.02. The van der Waals surface area contributed by atoms with Crippen molar-refractivity contribution in [3.05, 3.63) is 29.6 Å². The third-order valence-electron chi connectivity index (χ3n) is 3.89. The van der Waals surface area contributed by atoms with E-state index in [4.69, 9.17) is 4.74 Å². The van der Waals surface area contributed by atoms with Gasteiger partial charge in [-0.1, -0.05) is 0 Å². The predicted octanol–water partition coefficient (Wildman–Crippen LogP) is 0.418. The molecule has 2 aromatic heterocycles. The van der Waals surface area contributed by atoms with E-state index < -0.39 is 9.84 Å². The lowest BCUT2D eigenvalue weighted by atomic mass is 10.1. The lowest BCUT2D eigenvalue weighted by Crippen LogP contribution is -2.40. The molecule has 1 saturated heterocycles. The van der Waals surface area contributed by atoms with Gasteiger partial charge in [-0.2, -0.15) is 5.10 Å². The molecule has 0 bridgehead atoms. The van der Waals surface area contributed by atoms with Gasteiger partial charge in [-0.25, -0.2) is 13.4 Å². The number of hydrogen-bond donors (Lipinski definition) is 2. The van der Waals surface area contributed by atoms with E-state index in [2.05, 4.69) is 25.1 Å². The standard InChI is InChI=1S/C13H19N5O3S/c1-9-10(15-8-14-9)6-18-3-4-21-7-11(18)13-12(5-16-17-13)22(2,19)20/h5,8,11H,3-4,6-7H2,1-2H3,(H,14,15)(H,16,17)/t11-/m1/s1. The smallest absolute Gasteiger partial charge is 0.178 e. The van der Waals surface area contributed by atoms with Gasteiger partial charge in [0.25, 0.3) is 0 Å². The number of morpholine rings is 1. The van der Waals surface area contributed by atoms with E-state index in [-0.39, 0.29) is 10.9 Å². The van der Waals surface area contributed by atoms with Crippen LogP contribution < -0.4 is 0 Å². The minimum Gasteiger partial charge on any atom is -0.378 e. The zero-order chi connectivity index (χ0) is 15.7. The van der Waals surface area contributed by atoms with Crippen molar-refractivity contribution in [2.75, 3.05) is 26.0 Å². The van der Waals surface area contributed by atoms with Gasteiger partial charge in [0.05, 0.1) is 43.2 Å². The Morgan fingerprint density at radius 3 is 3.00 bits per heavy atom. The summed E-state index contributed by atoms with van der Waals surface area (Å²) in [5.41, 5.74) is 2.54. The van der Waals surface area contributed by atoms with Gasteiger partial charge in [-0.15, -0.1) is 0 Å². The molecule has 0 unspecified atom stereocenters. The molecule has 2 aromatic rings. The predicted molar refractivity (Wildman–Crippen MR) is 79.0 cm³/mol. The minimum absolute atomic E-state index is 0.183. The number of H-pyrrole nitrogens is 2. The highest BCUT2D eigenvalue weighted by molar-refractivity contribution is 7.90. The summed E-state index contributed by atoms with van der Waals surface area (Å²) >= 11 is 0. The number of aromatic amines is 2. The van der Waals surface area contributed by atoms with Gasteiger partial charge in [0.15, 0.2) is 9.84 Å². The van der Waals surface area contributed by atoms with Crippen molar-refractivity contribution < 1.29 is 13.2 Å². The van der Waals surface area contributed by atoms with E-state index >= 15 is 0 Å². The molecule has 0 aromatic carbocycles. The van der Waals surface area contributed by atoms with E-state index in [1.807, 2.05) is 6.92 Å². The Labute approximate surface area is 128 Å². The Balaban J connectivity index is 1.90. The van der Waals surface area contributed by atoms with Gasteiger partial charge < -0.3 is 9.72 Å². The van der Waals surface area contributed by atoms with Crippen molar-refractivity contribution >= 4 is 9.84 Å². The molecule has 3 heterocycles. The molecule has 120 valence electrons. The van der Waals surface area contributed by atoms with Crippen molar-refractivity contribution in [3.63, 3.8) is 0 Å². The van der Waals surface area contributed by atoms with Crippen LogP contribution in [0, 0.1) is 6.92 Å². The quantitative estimate of drug-likeness (QED) is 0.844. The maximum absolute atomic E-state index is 11.9. The van der Waals surface area contributed by atoms with Crippen molar-refractivity contribution in [1.82, 2.24) is 25.1 Å². The first-order valence-electron chi connectivity index (χ1n) is 7.01. The Kier molecular flexibility index (Phi) is 4.02.